The fraction of sp³-hybridized carbons (Fsp3) is 0.471. The molecule has 0 aliphatic carbocycles. The molecule has 21 heavy (non-hydrogen) atoms. The smallest absolute Gasteiger partial charge is 0.107 e. The van der Waals surface area contributed by atoms with Gasteiger partial charge in [-0.05, 0) is 25.8 Å². The third kappa shape index (κ3) is 3.90. The Labute approximate surface area is 131 Å². The maximum absolute atomic E-state index is 4.67. The van der Waals surface area contributed by atoms with Crippen molar-refractivity contribution in [1.29, 1.82) is 0 Å². The number of nitrogens with one attached hydrogen (secondary N) is 1. The summed E-state index contributed by atoms with van der Waals surface area (Å²) in [5.41, 5.74) is 2.60. The highest BCUT2D eigenvalue weighted by Crippen LogP contribution is 2.19. The van der Waals surface area contributed by atoms with Crippen molar-refractivity contribution in [1.82, 2.24) is 15.2 Å². The summed E-state index contributed by atoms with van der Waals surface area (Å²) >= 11 is 1.84. The van der Waals surface area contributed by atoms with Crippen molar-refractivity contribution >= 4 is 11.3 Å². The summed E-state index contributed by atoms with van der Waals surface area (Å²) in [7, 11) is 0. The number of hydrogen-bond donors (Lipinski definition) is 1. The molecule has 2 aromatic rings. The Balaban J connectivity index is 1.58. The van der Waals surface area contributed by atoms with E-state index in [2.05, 4.69) is 59.4 Å². The summed E-state index contributed by atoms with van der Waals surface area (Å²) in [5.74, 6) is 0. The van der Waals surface area contributed by atoms with Gasteiger partial charge in [0.15, 0.2) is 0 Å². The quantitative estimate of drug-likeness (QED) is 0.941. The van der Waals surface area contributed by atoms with Gasteiger partial charge in [-0.15, -0.1) is 11.3 Å². The van der Waals surface area contributed by atoms with Gasteiger partial charge in [0.2, 0.25) is 0 Å². The minimum Gasteiger partial charge on any atom is -0.311 e. The predicted molar refractivity (Wildman–Crippen MR) is 88.8 cm³/mol. The van der Waals surface area contributed by atoms with Crippen LogP contribution in [-0.2, 0) is 13.0 Å². The SMILES string of the molecule is Cc1nc(CN2CCNC(Cc3ccccc3)C2)sc1C. The van der Waals surface area contributed by atoms with E-state index < -0.39 is 0 Å². The van der Waals surface area contributed by atoms with Crippen LogP contribution in [0.2, 0.25) is 0 Å². The summed E-state index contributed by atoms with van der Waals surface area (Å²) in [4.78, 5) is 8.55. The Kier molecular flexibility index (Phi) is 4.68. The summed E-state index contributed by atoms with van der Waals surface area (Å²) in [6.45, 7) is 8.54. The first-order valence-corrected chi connectivity index (χ1v) is 8.45. The van der Waals surface area contributed by atoms with Crippen molar-refractivity contribution in [3.05, 3.63) is 51.5 Å². The lowest BCUT2D eigenvalue weighted by atomic mass is 10.0. The average Bonchev–Trinajstić information content (AvgIpc) is 2.78. The molecule has 1 fully saturated rings. The van der Waals surface area contributed by atoms with Crippen molar-refractivity contribution in [2.24, 2.45) is 0 Å². The molecule has 1 unspecified atom stereocenters. The highest BCUT2D eigenvalue weighted by Gasteiger charge is 2.20. The van der Waals surface area contributed by atoms with Crippen LogP contribution >= 0.6 is 11.3 Å². The third-order valence-corrected chi connectivity index (χ3v) is 5.15. The fourth-order valence-electron chi connectivity index (χ4n) is 2.87. The zero-order valence-electron chi connectivity index (χ0n) is 12.8. The highest BCUT2D eigenvalue weighted by molar-refractivity contribution is 7.11. The Morgan fingerprint density at radius 3 is 2.81 bits per heavy atom. The molecule has 112 valence electrons. The van der Waals surface area contributed by atoms with Crippen LogP contribution in [0.4, 0.5) is 0 Å². The molecule has 1 aliphatic heterocycles. The Hall–Kier alpha value is -1.23. The van der Waals surface area contributed by atoms with Crippen LogP contribution in [0.3, 0.4) is 0 Å². The first-order chi connectivity index (χ1) is 10.2. The van der Waals surface area contributed by atoms with Crippen molar-refractivity contribution in [3.8, 4) is 0 Å². The largest absolute Gasteiger partial charge is 0.311 e. The van der Waals surface area contributed by atoms with E-state index in [-0.39, 0.29) is 0 Å². The number of thiazole rings is 1. The molecule has 0 amide bonds. The van der Waals surface area contributed by atoms with Gasteiger partial charge in [0.25, 0.3) is 0 Å². The molecule has 3 rings (SSSR count). The second kappa shape index (κ2) is 6.69. The zero-order chi connectivity index (χ0) is 14.7. The van der Waals surface area contributed by atoms with Crippen LogP contribution in [0, 0.1) is 13.8 Å². The molecule has 4 heteroatoms. The molecule has 1 N–H and O–H groups in total. The standard InChI is InChI=1S/C17H23N3S/c1-13-14(2)21-17(19-13)12-20-9-8-18-16(11-20)10-15-6-4-3-5-7-15/h3-7,16,18H,8-12H2,1-2H3. The van der Waals surface area contributed by atoms with Gasteiger partial charge in [-0.2, -0.15) is 0 Å². The number of aryl methyl sites for hydroxylation is 2. The van der Waals surface area contributed by atoms with E-state index in [4.69, 9.17) is 0 Å². The summed E-state index contributed by atoms with van der Waals surface area (Å²) < 4.78 is 0. The van der Waals surface area contributed by atoms with Gasteiger partial charge >= 0.3 is 0 Å². The second-order valence-electron chi connectivity index (χ2n) is 5.83. The molecule has 1 aromatic carbocycles. The maximum atomic E-state index is 4.67. The van der Waals surface area contributed by atoms with E-state index in [1.54, 1.807) is 0 Å². The molecule has 1 atom stereocenters. The number of aromatic nitrogens is 1. The lowest BCUT2D eigenvalue weighted by Gasteiger charge is -2.33. The van der Waals surface area contributed by atoms with Crippen molar-refractivity contribution in [3.63, 3.8) is 0 Å². The topological polar surface area (TPSA) is 28.2 Å². The van der Waals surface area contributed by atoms with Crippen LogP contribution in [0.1, 0.15) is 21.1 Å². The maximum Gasteiger partial charge on any atom is 0.107 e. The number of hydrogen-bond acceptors (Lipinski definition) is 4. The van der Waals surface area contributed by atoms with Crippen LogP contribution in [-0.4, -0.2) is 35.6 Å². The number of piperazine rings is 1. The van der Waals surface area contributed by atoms with E-state index in [1.807, 2.05) is 11.3 Å². The van der Waals surface area contributed by atoms with Crippen LogP contribution in [0.5, 0.6) is 0 Å². The Morgan fingerprint density at radius 2 is 2.10 bits per heavy atom. The van der Waals surface area contributed by atoms with Gasteiger partial charge in [-0.1, -0.05) is 30.3 Å². The van der Waals surface area contributed by atoms with Gasteiger partial charge in [0, 0.05) is 30.6 Å². The number of rotatable bonds is 4. The molecule has 0 spiro atoms. The molecule has 2 heterocycles. The van der Waals surface area contributed by atoms with E-state index in [0.717, 1.165) is 32.6 Å². The monoisotopic (exact) mass is 301 g/mol. The van der Waals surface area contributed by atoms with Crippen LogP contribution in [0.15, 0.2) is 30.3 Å². The molecule has 1 aromatic heterocycles. The van der Waals surface area contributed by atoms with Gasteiger partial charge in [0.05, 0.1) is 12.2 Å². The molecule has 1 aliphatic rings. The molecule has 1 saturated heterocycles. The van der Waals surface area contributed by atoms with Gasteiger partial charge < -0.3 is 5.32 Å². The van der Waals surface area contributed by atoms with E-state index in [9.17, 15) is 0 Å². The average molecular weight is 301 g/mol. The minimum absolute atomic E-state index is 0.545. The lowest BCUT2D eigenvalue weighted by molar-refractivity contribution is 0.191. The summed E-state index contributed by atoms with van der Waals surface area (Å²) in [6, 6.07) is 11.3. The zero-order valence-corrected chi connectivity index (χ0v) is 13.6. The summed E-state index contributed by atoms with van der Waals surface area (Å²) in [6.07, 6.45) is 1.10. The Morgan fingerprint density at radius 1 is 1.29 bits per heavy atom. The van der Waals surface area contributed by atoms with Crippen LogP contribution < -0.4 is 5.32 Å². The van der Waals surface area contributed by atoms with E-state index in [0.29, 0.717) is 6.04 Å². The Bertz CT molecular complexity index is 559. The molecule has 0 saturated carbocycles. The van der Waals surface area contributed by atoms with E-state index >= 15 is 0 Å². The number of nitrogens with zero attached hydrogens (tertiary/aromatic N) is 2. The number of benzene rings is 1. The fourth-order valence-corrected chi connectivity index (χ4v) is 3.85. The highest BCUT2D eigenvalue weighted by atomic mass is 32.1. The van der Waals surface area contributed by atoms with Gasteiger partial charge in [0.1, 0.15) is 5.01 Å². The first-order valence-electron chi connectivity index (χ1n) is 7.63. The van der Waals surface area contributed by atoms with Crippen molar-refractivity contribution in [2.75, 3.05) is 19.6 Å². The van der Waals surface area contributed by atoms with Gasteiger partial charge in [-0.25, -0.2) is 4.98 Å². The molecule has 0 bridgehead atoms. The molecular formula is C17H23N3S. The molecule has 3 nitrogen and oxygen atoms in total. The predicted octanol–water partition coefficient (Wildman–Crippen LogP) is 2.78. The molecular weight excluding hydrogens is 278 g/mol. The van der Waals surface area contributed by atoms with Gasteiger partial charge in [-0.3, -0.25) is 4.90 Å². The normalized spacial score (nSPS) is 19.8. The van der Waals surface area contributed by atoms with Crippen molar-refractivity contribution < 1.29 is 0 Å². The summed E-state index contributed by atoms with van der Waals surface area (Å²) in [5, 5.41) is 4.90. The third-order valence-electron chi connectivity index (χ3n) is 4.10. The van der Waals surface area contributed by atoms with E-state index in [1.165, 1.54) is 21.1 Å². The molecule has 0 radical (unpaired) electrons. The van der Waals surface area contributed by atoms with Crippen LogP contribution in [0.25, 0.3) is 0 Å². The lowest BCUT2D eigenvalue weighted by Crippen LogP contribution is -2.51. The first kappa shape index (κ1) is 14.7. The van der Waals surface area contributed by atoms with Crippen molar-refractivity contribution in [2.45, 2.75) is 32.9 Å². The second-order valence-corrected chi connectivity index (χ2v) is 7.11. The minimum atomic E-state index is 0.545.